The molecule has 144 valence electrons. The number of nitrogens with one attached hydrogen (secondary N) is 1. The Morgan fingerprint density at radius 2 is 1.56 bits per heavy atom. The van der Waals surface area contributed by atoms with Crippen LogP contribution in [0.5, 0.6) is 5.75 Å². The molecule has 0 saturated heterocycles. The summed E-state index contributed by atoms with van der Waals surface area (Å²) in [6.45, 7) is 0. The van der Waals surface area contributed by atoms with E-state index in [9.17, 15) is 22.0 Å². The van der Waals surface area contributed by atoms with Gasteiger partial charge in [0.1, 0.15) is 11.2 Å². The van der Waals surface area contributed by atoms with Crippen LogP contribution in [0.2, 0.25) is 0 Å². The molecular weight excluding hydrogens is 387 g/mol. The number of methoxy groups -OCH3 is 1. The molecule has 2 aromatic carbocycles. The number of rotatable bonds is 5. The average molecular weight is 402 g/mol. The minimum atomic E-state index is -2.18. The molecule has 1 heterocycles. The fourth-order valence-corrected chi connectivity index (χ4v) is 3.57. The van der Waals surface area contributed by atoms with Crippen molar-refractivity contribution in [1.82, 2.24) is 5.32 Å². The van der Waals surface area contributed by atoms with E-state index in [2.05, 4.69) is 5.32 Å². The van der Waals surface area contributed by atoms with Crippen LogP contribution >= 0.6 is 11.8 Å². The van der Waals surface area contributed by atoms with Crippen molar-refractivity contribution in [3.63, 3.8) is 0 Å². The SMILES string of the molecule is COc1ccc(C(Cc2c(F)c(F)c(F)c(F)c2F)C2=CSC(N)N2)cc1. The highest BCUT2D eigenvalue weighted by Crippen LogP contribution is 2.35. The van der Waals surface area contributed by atoms with Crippen molar-refractivity contribution in [2.24, 2.45) is 5.73 Å². The molecule has 3 N–H and O–H groups in total. The molecule has 0 amide bonds. The third kappa shape index (κ3) is 3.74. The van der Waals surface area contributed by atoms with Crippen LogP contribution in [0.4, 0.5) is 22.0 Å². The zero-order valence-electron chi connectivity index (χ0n) is 14.0. The second kappa shape index (κ2) is 7.77. The highest BCUT2D eigenvalue weighted by atomic mass is 32.2. The fourth-order valence-electron chi connectivity index (χ4n) is 2.84. The molecular formula is C18H15F5N2OS. The Morgan fingerprint density at radius 1 is 1.00 bits per heavy atom. The Kier molecular flexibility index (Phi) is 5.61. The predicted octanol–water partition coefficient (Wildman–Crippen LogP) is 4.14. The van der Waals surface area contributed by atoms with Crippen LogP contribution in [0, 0.1) is 29.1 Å². The molecule has 0 spiro atoms. The van der Waals surface area contributed by atoms with Gasteiger partial charge in [0.05, 0.1) is 7.11 Å². The van der Waals surface area contributed by atoms with E-state index in [1.54, 1.807) is 29.7 Å². The monoisotopic (exact) mass is 402 g/mol. The van der Waals surface area contributed by atoms with E-state index in [-0.39, 0.29) is 0 Å². The molecule has 1 aliphatic rings. The van der Waals surface area contributed by atoms with E-state index in [1.807, 2.05) is 0 Å². The maximum Gasteiger partial charge on any atom is 0.200 e. The molecule has 2 aromatic rings. The Bertz CT molecular complexity index is 859. The lowest BCUT2D eigenvalue weighted by Crippen LogP contribution is -2.31. The Morgan fingerprint density at radius 3 is 2.04 bits per heavy atom. The number of nitrogens with two attached hydrogens (primary N) is 1. The van der Waals surface area contributed by atoms with Crippen LogP contribution in [0.25, 0.3) is 0 Å². The summed E-state index contributed by atoms with van der Waals surface area (Å²) in [7, 11) is 1.48. The number of thioether (sulfide) groups is 1. The van der Waals surface area contributed by atoms with E-state index >= 15 is 0 Å². The maximum atomic E-state index is 14.2. The molecule has 2 unspecified atom stereocenters. The largest absolute Gasteiger partial charge is 0.497 e. The fraction of sp³-hybridized carbons (Fsp3) is 0.222. The van der Waals surface area contributed by atoms with Gasteiger partial charge in [-0.3, -0.25) is 0 Å². The average Bonchev–Trinajstić information content (AvgIpc) is 3.11. The van der Waals surface area contributed by atoms with Crippen molar-refractivity contribution in [3.8, 4) is 5.75 Å². The predicted molar refractivity (Wildman–Crippen MR) is 92.5 cm³/mol. The quantitative estimate of drug-likeness (QED) is 0.448. The minimum absolute atomic E-state index is 0.440. The molecule has 3 nitrogen and oxygen atoms in total. The van der Waals surface area contributed by atoms with Gasteiger partial charge >= 0.3 is 0 Å². The molecule has 0 saturated carbocycles. The first kappa shape index (κ1) is 19.5. The third-order valence-corrected chi connectivity index (χ3v) is 5.05. The zero-order chi connectivity index (χ0) is 19.7. The van der Waals surface area contributed by atoms with Gasteiger partial charge in [-0.1, -0.05) is 23.9 Å². The van der Waals surface area contributed by atoms with E-state index in [0.29, 0.717) is 17.0 Å². The summed E-state index contributed by atoms with van der Waals surface area (Å²) in [6.07, 6.45) is -0.440. The van der Waals surface area contributed by atoms with Crippen LogP contribution in [-0.4, -0.2) is 12.6 Å². The molecule has 0 aromatic heterocycles. The van der Waals surface area contributed by atoms with E-state index in [4.69, 9.17) is 10.5 Å². The summed E-state index contributed by atoms with van der Waals surface area (Å²) < 4.78 is 73.8. The third-order valence-electron chi connectivity index (χ3n) is 4.25. The van der Waals surface area contributed by atoms with Crippen molar-refractivity contribution < 1.29 is 26.7 Å². The number of benzene rings is 2. The lowest BCUT2D eigenvalue weighted by Gasteiger charge is -2.21. The van der Waals surface area contributed by atoms with Gasteiger partial charge in [-0.05, 0) is 29.5 Å². The van der Waals surface area contributed by atoms with Gasteiger partial charge in [-0.25, -0.2) is 22.0 Å². The first-order valence-electron chi connectivity index (χ1n) is 7.85. The standard InChI is InChI=1S/C18H15F5N2OS/c1-26-9-4-2-8(3-5-9)10(12-7-27-18(24)25-12)6-11-13(19)15(21)17(23)16(22)14(11)20/h2-5,7,10,18,25H,6,24H2,1H3. The van der Waals surface area contributed by atoms with Crippen LogP contribution < -0.4 is 15.8 Å². The molecule has 1 aliphatic heterocycles. The second-order valence-electron chi connectivity index (χ2n) is 5.85. The minimum Gasteiger partial charge on any atom is -0.497 e. The van der Waals surface area contributed by atoms with Crippen LogP contribution in [0.3, 0.4) is 0 Å². The van der Waals surface area contributed by atoms with E-state index in [1.165, 1.54) is 18.9 Å². The van der Waals surface area contributed by atoms with Crippen molar-refractivity contribution >= 4 is 11.8 Å². The molecule has 9 heteroatoms. The molecule has 27 heavy (non-hydrogen) atoms. The molecule has 0 fully saturated rings. The molecule has 3 rings (SSSR count). The van der Waals surface area contributed by atoms with Crippen molar-refractivity contribution in [3.05, 3.63) is 75.6 Å². The maximum absolute atomic E-state index is 14.2. The number of halogens is 5. The van der Waals surface area contributed by atoms with Crippen molar-refractivity contribution in [1.29, 1.82) is 0 Å². The first-order chi connectivity index (χ1) is 12.8. The number of hydrogen-bond acceptors (Lipinski definition) is 4. The number of ether oxygens (including phenoxy) is 1. The number of allylic oxidation sites excluding steroid dienone is 1. The Balaban J connectivity index is 2.05. The smallest absolute Gasteiger partial charge is 0.200 e. The number of hydrogen-bond donors (Lipinski definition) is 2. The summed E-state index contributed by atoms with van der Waals surface area (Å²) in [5.41, 5.74) is 5.57. The zero-order valence-corrected chi connectivity index (χ0v) is 14.8. The summed E-state index contributed by atoms with van der Waals surface area (Å²) >= 11 is 1.25. The lowest BCUT2D eigenvalue weighted by molar-refractivity contribution is 0.368. The topological polar surface area (TPSA) is 47.3 Å². The molecule has 0 aliphatic carbocycles. The van der Waals surface area contributed by atoms with Crippen molar-refractivity contribution in [2.45, 2.75) is 17.8 Å². The first-order valence-corrected chi connectivity index (χ1v) is 8.79. The van der Waals surface area contributed by atoms with Crippen LogP contribution in [0.15, 0.2) is 35.4 Å². The lowest BCUT2D eigenvalue weighted by atomic mass is 9.89. The highest BCUT2D eigenvalue weighted by molar-refractivity contribution is 8.02. The molecule has 0 bridgehead atoms. The van der Waals surface area contributed by atoms with Crippen LogP contribution in [-0.2, 0) is 6.42 Å². The van der Waals surface area contributed by atoms with Gasteiger partial charge in [0.15, 0.2) is 23.3 Å². The van der Waals surface area contributed by atoms with Gasteiger partial charge in [0, 0.05) is 17.2 Å². The van der Waals surface area contributed by atoms with E-state index in [0.717, 1.165) is 0 Å². The molecule has 0 radical (unpaired) electrons. The van der Waals surface area contributed by atoms with Crippen molar-refractivity contribution in [2.75, 3.05) is 7.11 Å². The van der Waals surface area contributed by atoms with Gasteiger partial charge < -0.3 is 15.8 Å². The van der Waals surface area contributed by atoms with Gasteiger partial charge in [0.25, 0.3) is 0 Å². The Hall–Kier alpha value is -2.26. The normalized spacial score (nSPS) is 17.4. The summed E-state index contributed by atoms with van der Waals surface area (Å²) in [5.74, 6) is -9.89. The summed E-state index contributed by atoms with van der Waals surface area (Å²) in [6, 6.07) is 6.60. The summed E-state index contributed by atoms with van der Waals surface area (Å²) in [4.78, 5) is 0. The summed E-state index contributed by atoms with van der Waals surface area (Å²) in [5, 5.41) is 4.62. The van der Waals surface area contributed by atoms with Gasteiger partial charge in [-0.2, -0.15) is 0 Å². The molecule has 2 atom stereocenters. The van der Waals surface area contributed by atoms with Gasteiger partial charge in [0.2, 0.25) is 5.82 Å². The van der Waals surface area contributed by atoms with Crippen LogP contribution in [0.1, 0.15) is 17.0 Å². The highest BCUT2D eigenvalue weighted by Gasteiger charge is 2.30. The Labute approximate surface area is 156 Å². The van der Waals surface area contributed by atoms with E-state index < -0.39 is 52.5 Å². The van der Waals surface area contributed by atoms with Gasteiger partial charge in [-0.15, -0.1) is 0 Å². The second-order valence-corrected chi connectivity index (χ2v) is 6.87.